The van der Waals surface area contributed by atoms with Crippen LogP contribution >= 0.6 is 0 Å². The molecule has 0 amide bonds. The van der Waals surface area contributed by atoms with Crippen LogP contribution in [0.15, 0.2) is 42.5 Å². The van der Waals surface area contributed by atoms with Crippen LogP contribution in [-0.4, -0.2) is 4.98 Å². The molecule has 17 heavy (non-hydrogen) atoms. The molecule has 0 radical (unpaired) electrons. The second kappa shape index (κ2) is 4.21. The maximum absolute atomic E-state index is 6.02. The van der Waals surface area contributed by atoms with E-state index in [9.17, 15) is 0 Å². The first-order chi connectivity index (χ1) is 8.34. The average molecular weight is 224 g/mol. The predicted molar refractivity (Wildman–Crippen MR) is 70.7 cm³/mol. The first-order valence-electron chi connectivity index (χ1n) is 6.16. The minimum Gasteiger partial charge on any atom is -0.397 e. The lowest BCUT2D eigenvalue weighted by molar-refractivity contribution is 0.411. The summed E-state index contributed by atoms with van der Waals surface area (Å²) >= 11 is 0. The van der Waals surface area contributed by atoms with E-state index in [1.54, 1.807) is 0 Å². The fourth-order valence-electron chi connectivity index (χ4n) is 2.24. The van der Waals surface area contributed by atoms with Crippen molar-refractivity contribution in [1.29, 1.82) is 0 Å². The van der Waals surface area contributed by atoms with Gasteiger partial charge in [-0.2, -0.15) is 0 Å². The van der Waals surface area contributed by atoms with E-state index >= 15 is 0 Å². The molecule has 0 saturated heterocycles. The van der Waals surface area contributed by atoms with Gasteiger partial charge in [0.1, 0.15) is 0 Å². The Kier molecular flexibility index (Phi) is 2.56. The van der Waals surface area contributed by atoms with Crippen molar-refractivity contribution < 1.29 is 0 Å². The number of nitrogens with zero attached hydrogens (tertiary/aromatic N) is 1. The smallest absolute Gasteiger partial charge is 0.0934 e. The minimum absolute atomic E-state index is 0.651. The summed E-state index contributed by atoms with van der Waals surface area (Å²) in [6.07, 6.45) is 3.87. The molecule has 0 atom stereocenters. The lowest BCUT2D eigenvalue weighted by Gasteiger charge is -2.25. The van der Waals surface area contributed by atoms with Crippen LogP contribution in [0.1, 0.15) is 30.9 Å². The molecule has 86 valence electrons. The third kappa shape index (κ3) is 1.91. The molecule has 2 heteroatoms. The van der Waals surface area contributed by atoms with Gasteiger partial charge in [-0.25, -0.2) is 0 Å². The van der Waals surface area contributed by atoms with Crippen LogP contribution in [0.4, 0.5) is 5.69 Å². The van der Waals surface area contributed by atoms with E-state index in [0.29, 0.717) is 5.92 Å². The van der Waals surface area contributed by atoms with Gasteiger partial charge in [-0.15, -0.1) is 0 Å². The van der Waals surface area contributed by atoms with E-state index in [1.807, 2.05) is 24.3 Å². The second-order valence-corrected chi connectivity index (χ2v) is 4.67. The molecule has 1 fully saturated rings. The van der Waals surface area contributed by atoms with Gasteiger partial charge in [-0.3, -0.25) is 4.98 Å². The molecule has 2 N–H and O–H groups in total. The van der Waals surface area contributed by atoms with E-state index in [1.165, 1.54) is 25.0 Å². The molecular formula is C15H16N2. The number of nitrogen functional groups attached to an aromatic ring is 1. The van der Waals surface area contributed by atoms with Crippen LogP contribution in [0.5, 0.6) is 0 Å². The van der Waals surface area contributed by atoms with Crippen molar-refractivity contribution in [1.82, 2.24) is 4.98 Å². The maximum Gasteiger partial charge on any atom is 0.0934 e. The molecule has 0 spiro atoms. The standard InChI is InChI=1S/C15H16N2/c16-13-9-10-14(11-7-4-8-11)17-15(13)12-5-2-1-3-6-12/h1-3,5-6,9-11H,4,7-8,16H2. The molecule has 1 aromatic heterocycles. The van der Waals surface area contributed by atoms with E-state index in [2.05, 4.69) is 18.2 Å². The van der Waals surface area contributed by atoms with Gasteiger partial charge in [0.15, 0.2) is 0 Å². The topological polar surface area (TPSA) is 38.9 Å². The Morgan fingerprint density at radius 3 is 2.41 bits per heavy atom. The van der Waals surface area contributed by atoms with Crippen molar-refractivity contribution in [3.05, 3.63) is 48.2 Å². The maximum atomic E-state index is 6.02. The summed E-state index contributed by atoms with van der Waals surface area (Å²) in [6.45, 7) is 0. The molecule has 0 aliphatic heterocycles. The largest absolute Gasteiger partial charge is 0.397 e. The molecule has 1 saturated carbocycles. The zero-order valence-electron chi connectivity index (χ0n) is 9.76. The molecule has 0 bridgehead atoms. The Labute approximate surface area is 102 Å². The number of pyridine rings is 1. The van der Waals surface area contributed by atoms with E-state index in [0.717, 1.165) is 16.9 Å². The van der Waals surface area contributed by atoms with Crippen molar-refractivity contribution >= 4 is 5.69 Å². The highest BCUT2D eigenvalue weighted by Gasteiger charge is 2.21. The van der Waals surface area contributed by atoms with Gasteiger partial charge in [0.2, 0.25) is 0 Å². The first kappa shape index (κ1) is 10.3. The number of hydrogen-bond donors (Lipinski definition) is 1. The Morgan fingerprint density at radius 1 is 1.00 bits per heavy atom. The summed E-state index contributed by atoms with van der Waals surface area (Å²) in [7, 11) is 0. The highest BCUT2D eigenvalue weighted by Crippen LogP contribution is 2.37. The summed E-state index contributed by atoms with van der Waals surface area (Å²) in [5.74, 6) is 0.651. The molecule has 2 aromatic rings. The third-order valence-corrected chi connectivity index (χ3v) is 3.52. The quantitative estimate of drug-likeness (QED) is 0.846. The molecule has 1 heterocycles. The number of nitrogens with two attached hydrogens (primary N) is 1. The van der Waals surface area contributed by atoms with E-state index in [-0.39, 0.29) is 0 Å². The predicted octanol–water partition coefficient (Wildman–Crippen LogP) is 3.60. The summed E-state index contributed by atoms with van der Waals surface area (Å²) < 4.78 is 0. The van der Waals surface area contributed by atoms with Crippen molar-refractivity contribution in [2.45, 2.75) is 25.2 Å². The molecule has 3 rings (SSSR count). The van der Waals surface area contributed by atoms with E-state index in [4.69, 9.17) is 10.7 Å². The van der Waals surface area contributed by atoms with Crippen molar-refractivity contribution in [3.8, 4) is 11.3 Å². The van der Waals surface area contributed by atoms with Gasteiger partial charge in [0, 0.05) is 17.2 Å². The summed E-state index contributed by atoms with van der Waals surface area (Å²) in [4.78, 5) is 4.74. The van der Waals surface area contributed by atoms with Crippen molar-refractivity contribution in [2.24, 2.45) is 0 Å². The van der Waals surface area contributed by atoms with Gasteiger partial charge in [-0.05, 0) is 25.0 Å². The highest BCUT2D eigenvalue weighted by molar-refractivity contribution is 5.72. The number of benzene rings is 1. The number of rotatable bonds is 2. The number of hydrogen-bond acceptors (Lipinski definition) is 2. The van der Waals surface area contributed by atoms with Gasteiger partial charge < -0.3 is 5.73 Å². The fourth-order valence-corrected chi connectivity index (χ4v) is 2.24. The minimum atomic E-state index is 0.651. The molecule has 2 nitrogen and oxygen atoms in total. The zero-order valence-corrected chi connectivity index (χ0v) is 9.76. The van der Waals surface area contributed by atoms with Gasteiger partial charge in [-0.1, -0.05) is 36.8 Å². The summed E-state index contributed by atoms with van der Waals surface area (Å²) in [6, 6.07) is 14.2. The van der Waals surface area contributed by atoms with Crippen molar-refractivity contribution in [3.63, 3.8) is 0 Å². The highest BCUT2D eigenvalue weighted by atomic mass is 14.8. The van der Waals surface area contributed by atoms with Gasteiger partial charge in [0.05, 0.1) is 11.4 Å². The van der Waals surface area contributed by atoms with E-state index < -0.39 is 0 Å². The molecule has 1 aliphatic carbocycles. The Hall–Kier alpha value is -1.83. The van der Waals surface area contributed by atoms with Gasteiger partial charge in [0.25, 0.3) is 0 Å². The Balaban J connectivity index is 2.03. The molecule has 1 aromatic carbocycles. The summed E-state index contributed by atoms with van der Waals surface area (Å²) in [5.41, 5.74) is 10.0. The van der Waals surface area contributed by atoms with Crippen LogP contribution in [0, 0.1) is 0 Å². The normalized spacial score (nSPS) is 15.5. The molecular weight excluding hydrogens is 208 g/mol. The van der Waals surface area contributed by atoms with Gasteiger partial charge >= 0.3 is 0 Å². The zero-order chi connectivity index (χ0) is 11.7. The Morgan fingerprint density at radius 2 is 1.76 bits per heavy atom. The summed E-state index contributed by atoms with van der Waals surface area (Å²) in [5, 5.41) is 0. The van der Waals surface area contributed by atoms with Crippen LogP contribution in [0.25, 0.3) is 11.3 Å². The molecule has 1 aliphatic rings. The van der Waals surface area contributed by atoms with Crippen LogP contribution in [0.3, 0.4) is 0 Å². The van der Waals surface area contributed by atoms with Crippen LogP contribution in [-0.2, 0) is 0 Å². The third-order valence-electron chi connectivity index (χ3n) is 3.52. The lowest BCUT2D eigenvalue weighted by Crippen LogP contribution is -2.11. The SMILES string of the molecule is Nc1ccc(C2CCC2)nc1-c1ccccc1. The number of aromatic nitrogens is 1. The van der Waals surface area contributed by atoms with Crippen LogP contribution < -0.4 is 5.73 Å². The first-order valence-corrected chi connectivity index (χ1v) is 6.16. The Bertz CT molecular complexity index is 516. The van der Waals surface area contributed by atoms with Crippen molar-refractivity contribution in [2.75, 3.05) is 5.73 Å². The fraction of sp³-hybridized carbons (Fsp3) is 0.267. The van der Waals surface area contributed by atoms with Crippen LogP contribution in [0.2, 0.25) is 0 Å². The lowest BCUT2D eigenvalue weighted by atomic mass is 9.82. The molecule has 0 unspecified atom stereocenters. The average Bonchev–Trinajstić information content (AvgIpc) is 2.30. The second-order valence-electron chi connectivity index (χ2n) is 4.67. The monoisotopic (exact) mass is 224 g/mol. The number of anilines is 1.